The largest absolute Gasteiger partial charge is 0.495 e. The Labute approximate surface area is 120 Å². The third-order valence-electron chi connectivity index (χ3n) is 2.85. The lowest BCUT2D eigenvalue weighted by atomic mass is 10.2. The van der Waals surface area contributed by atoms with E-state index in [0.717, 1.165) is 0 Å². The zero-order valence-corrected chi connectivity index (χ0v) is 11.2. The van der Waals surface area contributed by atoms with Crippen LogP contribution in [-0.2, 0) is 0 Å². The van der Waals surface area contributed by atoms with Gasteiger partial charge in [0, 0.05) is 18.2 Å². The highest BCUT2D eigenvalue weighted by atomic mass is 16.6. The number of rotatable bonds is 4. The second-order valence-corrected chi connectivity index (χ2v) is 4.18. The van der Waals surface area contributed by atoms with Gasteiger partial charge in [-0.25, -0.2) is 0 Å². The zero-order chi connectivity index (χ0) is 15.4. The van der Waals surface area contributed by atoms with Crippen LogP contribution in [0.2, 0.25) is 0 Å². The van der Waals surface area contributed by atoms with Crippen molar-refractivity contribution >= 4 is 22.7 Å². The molecule has 0 bridgehead atoms. The summed E-state index contributed by atoms with van der Waals surface area (Å²) < 4.78 is 5.20. The molecule has 7 nitrogen and oxygen atoms in total. The minimum absolute atomic E-state index is 0.0788. The summed E-state index contributed by atoms with van der Waals surface area (Å²) in [5, 5.41) is 22.6. The van der Waals surface area contributed by atoms with E-state index in [4.69, 9.17) is 15.7 Å². The third kappa shape index (κ3) is 3.01. The summed E-state index contributed by atoms with van der Waals surface area (Å²) in [6.45, 7) is 0. The summed E-state index contributed by atoms with van der Waals surface area (Å²) in [7, 11) is 1.49. The summed E-state index contributed by atoms with van der Waals surface area (Å²) in [5.41, 5.74) is 7.55. The van der Waals surface area contributed by atoms with E-state index in [9.17, 15) is 10.1 Å². The molecule has 0 heterocycles. The molecule has 0 radical (unpaired) electrons. The van der Waals surface area contributed by atoms with Crippen molar-refractivity contribution in [2.45, 2.75) is 0 Å². The average molecular weight is 284 g/mol. The van der Waals surface area contributed by atoms with Crippen LogP contribution < -0.4 is 15.8 Å². The van der Waals surface area contributed by atoms with Gasteiger partial charge in [0.1, 0.15) is 5.75 Å². The van der Waals surface area contributed by atoms with Gasteiger partial charge in [0.15, 0.2) is 0 Å². The van der Waals surface area contributed by atoms with E-state index in [0.29, 0.717) is 22.7 Å². The van der Waals surface area contributed by atoms with E-state index in [1.54, 1.807) is 18.2 Å². The molecule has 0 unspecified atom stereocenters. The van der Waals surface area contributed by atoms with Crippen LogP contribution in [0.1, 0.15) is 5.56 Å². The number of hydrogen-bond acceptors (Lipinski definition) is 6. The quantitative estimate of drug-likeness (QED) is 0.507. The number of nitrogens with zero attached hydrogens (tertiary/aromatic N) is 2. The number of methoxy groups -OCH3 is 1. The molecule has 2 aromatic rings. The standard InChI is InChI=1S/C14H12N4O3/c1-21-14-6-9(8-15)2-4-13(14)17-12-5-3-10(18(19)20)7-11(12)16/h2-7,17H,16H2,1H3. The van der Waals surface area contributed by atoms with Crippen LogP contribution in [-0.4, -0.2) is 12.0 Å². The minimum Gasteiger partial charge on any atom is -0.495 e. The van der Waals surface area contributed by atoms with Gasteiger partial charge in [-0.05, 0) is 18.2 Å². The predicted molar refractivity (Wildman–Crippen MR) is 78.5 cm³/mol. The molecule has 7 heteroatoms. The van der Waals surface area contributed by atoms with Crippen LogP contribution in [0.5, 0.6) is 5.75 Å². The first-order chi connectivity index (χ1) is 10.0. The van der Waals surface area contributed by atoms with Crippen LogP contribution in [0.3, 0.4) is 0 Å². The number of nitrogens with one attached hydrogen (secondary N) is 1. The first kappa shape index (κ1) is 14.1. The molecule has 0 aliphatic rings. The van der Waals surface area contributed by atoms with E-state index < -0.39 is 4.92 Å². The van der Waals surface area contributed by atoms with Gasteiger partial charge in [-0.15, -0.1) is 0 Å². The number of nitrogen functional groups attached to an aromatic ring is 1. The van der Waals surface area contributed by atoms with Crippen LogP contribution in [0.4, 0.5) is 22.7 Å². The zero-order valence-electron chi connectivity index (χ0n) is 11.2. The number of non-ortho nitro benzene ring substituents is 1. The predicted octanol–water partition coefficient (Wildman–Crippen LogP) is 2.80. The van der Waals surface area contributed by atoms with E-state index >= 15 is 0 Å². The van der Waals surface area contributed by atoms with Gasteiger partial charge in [0.2, 0.25) is 0 Å². The Morgan fingerprint density at radius 3 is 2.57 bits per heavy atom. The number of benzene rings is 2. The fourth-order valence-electron chi connectivity index (χ4n) is 1.79. The summed E-state index contributed by atoms with van der Waals surface area (Å²) in [6, 6.07) is 11.1. The molecular weight excluding hydrogens is 272 g/mol. The molecule has 0 amide bonds. The van der Waals surface area contributed by atoms with Gasteiger partial charge in [-0.2, -0.15) is 5.26 Å². The van der Waals surface area contributed by atoms with Gasteiger partial charge >= 0.3 is 0 Å². The summed E-state index contributed by atoms with van der Waals surface area (Å²) in [5.74, 6) is 0.479. The summed E-state index contributed by atoms with van der Waals surface area (Å²) in [6.07, 6.45) is 0. The fraction of sp³-hybridized carbons (Fsp3) is 0.0714. The van der Waals surface area contributed by atoms with Crippen LogP contribution in [0.15, 0.2) is 36.4 Å². The van der Waals surface area contributed by atoms with Gasteiger partial charge < -0.3 is 15.8 Å². The van der Waals surface area contributed by atoms with Gasteiger partial charge in [-0.3, -0.25) is 10.1 Å². The van der Waals surface area contributed by atoms with Crippen molar-refractivity contribution < 1.29 is 9.66 Å². The Morgan fingerprint density at radius 1 is 1.29 bits per heavy atom. The topological polar surface area (TPSA) is 114 Å². The van der Waals surface area contributed by atoms with E-state index in [-0.39, 0.29) is 11.4 Å². The Hall–Kier alpha value is -3.27. The van der Waals surface area contributed by atoms with Crippen molar-refractivity contribution in [3.8, 4) is 11.8 Å². The first-order valence-corrected chi connectivity index (χ1v) is 5.94. The highest BCUT2D eigenvalue weighted by Gasteiger charge is 2.11. The molecule has 0 atom stereocenters. The fourth-order valence-corrected chi connectivity index (χ4v) is 1.79. The smallest absolute Gasteiger partial charge is 0.271 e. The number of hydrogen-bond donors (Lipinski definition) is 2. The molecule has 0 saturated heterocycles. The minimum atomic E-state index is -0.511. The van der Waals surface area contributed by atoms with Crippen molar-refractivity contribution in [2.75, 3.05) is 18.2 Å². The molecule has 2 rings (SSSR count). The molecule has 3 N–H and O–H groups in total. The molecule has 21 heavy (non-hydrogen) atoms. The van der Waals surface area contributed by atoms with Crippen LogP contribution >= 0.6 is 0 Å². The third-order valence-corrected chi connectivity index (χ3v) is 2.85. The first-order valence-electron chi connectivity index (χ1n) is 5.94. The Bertz CT molecular complexity index is 737. The molecule has 0 aliphatic heterocycles. The van der Waals surface area contributed by atoms with Crippen molar-refractivity contribution in [3.05, 3.63) is 52.1 Å². The molecule has 106 valence electrons. The van der Waals surface area contributed by atoms with Crippen molar-refractivity contribution in [2.24, 2.45) is 0 Å². The van der Waals surface area contributed by atoms with Crippen molar-refractivity contribution in [3.63, 3.8) is 0 Å². The lowest BCUT2D eigenvalue weighted by Crippen LogP contribution is -2.00. The van der Waals surface area contributed by atoms with Gasteiger partial charge in [0.25, 0.3) is 5.69 Å². The summed E-state index contributed by atoms with van der Waals surface area (Å²) in [4.78, 5) is 10.2. The lowest BCUT2D eigenvalue weighted by molar-refractivity contribution is -0.384. The van der Waals surface area contributed by atoms with Crippen molar-refractivity contribution in [1.29, 1.82) is 5.26 Å². The monoisotopic (exact) mass is 284 g/mol. The SMILES string of the molecule is COc1cc(C#N)ccc1Nc1ccc([N+](=O)[O-])cc1N. The van der Waals surface area contributed by atoms with Crippen LogP contribution in [0.25, 0.3) is 0 Å². The second-order valence-electron chi connectivity index (χ2n) is 4.18. The number of ether oxygens (including phenoxy) is 1. The lowest BCUT2D eigenvalue weighted by Gasteiger charge is -2.13. The summed E-state index contributed by atoms with van der Waals surface area (Å²) >= 11 is 0. The Morgan fingerprint density at radius 2 is 2.00 bits per heavy atom. The molecule has 0 aliphatic carbocycles. The molecule has 0 saturated carbocycles. The second kappa shape index (κ2) is 5.79. The molecular formula is C14H12N4O3. The van der Waals surface area contributed by atoms with E-state index in [1.165, 1.54) is 25.3 Å². The number of anilines is 3. The van der Waals surface area contributed by atoms with Gasteiger partial charge in [0.05, 0.1) is 40.7 Å². The molecule has 2 aromatic carbocycles. The number of nitro benzene ring substituents is 1. The highest BCUT2D eigenvalue weighted by Crippen LogP contribution is 2.32. The maximum atomic E-state index is 10.7. The molecule has 0 fully saturated rings. The normalized spacial score (nSPS) is 9.71. The number of nitriles is 1. The van der Waals surface area contributed by atoms with Crippen molar-refractivity contribution in [1.82, 2.24) is 0 Å². The number of nitro groups is 1. The van der Waals surface area contributed by atoms with Gasteiger partial charge in [-0.1, -0.05) is 0 Å². The van der Waals surface area contributed by atoms with E-state index in [1.807, 2.05) is 6.07 Å². The number of nitrogens with two attached hydrogens (primary N) is 1. The Balaban J connectivity index is 2.34. The molecule has 0 aromatic heterocycles. The Kier molecular flexibility index (Phi) is 3.90. The average Bonchev–Trinajstić information content (AvgIpc) is 2.49. The highest BCUT2D eigenvalue weighted by molar-refractivity contribution is 5.77. The van der Waals surface area contributed by atoms with E-state index in [2.05, 4.69) is 5.32 Å². The molecule has 0 spiro atoms. The maximum Gasteiger partial charge on any atom is 0.271 e. The van der Waals surface area contributed by atoms with Crippen LogP contribution in [0, 0.1) is 21.4 Å². The maximum absolute atomic E-state index is 10.7.